The van der Waals surface area contributed by atoms with Gasteiger partial charge in [-0.25, -0.2) is 0 Å². The topological polar surface area (TPSA) is 53.1 Å². The molecule has 4 heteroatoms. The molecular weight excluding hydrogens is 166 g/mol. The zero-order valence-electron chi connectivity index (χ0n) is 8.08. The number of nitrogens with two attached hydrogens (primary N) is 1. The van der Waals surface area contributed by atoms with E-state index in [9.17, 15) is 0 Å². The molecule has 0 aromatic carbocycles. The molecule has 0 radical (unpaired) electrons. The lowest BCUT2D eigenvalue weighted by Gasteiger charge is -2.08. The van der Waals surface area contributed by atoms with E-state index in [1.807, 2.05) is 4.68 Å². The molecule has 0 saturated heterocycles. The summed E-state index contributed by atoms with van der Waals surface area (Å²) >= 11 is 0. The number of rotatable bonds is 2. The van der Waals surface area contributed by atoms with Crippen molar-refractivity contribution in [3.8, 4) is 0 Å². The molecule has 1 aromatic heterocycles. The highest BCUT2D eigenvalue weighted by Crippen LogP contribution is 2.25. The molecule has 0 saturated carbocycles. The van der Waals surface area contributed by atoms with E-state index in [0.717, 1.165) is 5.69 Å². The second-order valence-electron chi connectivity index (χ2n) is 3.61. The third-order valence-corrected chi connectivity index (χ3v) is 2.37. The van der Waals surface area contributed by atoms with Crippen molar-refractivity contribution in [2.45, 2.75) is 39.6 Å². The van der Waals surface area contributed by atoms with Gasteiger partial charge >= 0.3 is 0 Å². The van der Waals surface area contributed by atoms with Crippen LogP contribution in [0.5, 0.6) is 0 Å². The maximum absolute atomic E-state index is 5.60. The van der Waals surface area contributed by atoms with Crippen molar-refractivity contribution in [1.29, 1.82) is 0 Å². The van der Waals surface area contributed by atoms with Crippen LogP contribution in [0.2, 0.25) is 0 Å². The summed E-state index contributed by atoms with van der Waals surface area (Å²) in [5.74, 6) is 0. The molecule has 0 aliphatic carbocycles. The molecule has 0 bridgehead atoms. The van der Waals surface area contributed by atoms with Gasteiger partial charge in [0.05, 0.1) is 24.6 Å². The first-order valence-corrected chi connectivity index (χ1v) is 4.61. The van der Waals surface area contributed by atoms with Crippen molar-refractivity contribution in [3.63, 3.8) is 0 Å². The average molecular weight is 181 g/mol. The van der Waals surface area contributed by atoms with E-state index in [-0.39, 0.29) is 0 Å². The fourth-order valence-corrected chi connectivity index (χ4v) is 1.72. The lowest BCUT2D eigenvalue weighted by atomic mass is 10.2. The summed E-state index contributed by atoms with van der Waals surface area (Å²) in [5, 5.41) is 4.46. The number of fused-ring (bicyclic) bond motifs is 1. The quantitative estimate of drug-likeness (QED) is 0.739. The molecule has 13 heavy (non-hydrogen) atoms. The average Bonchev–Trinajstić information content (AvgIpc) is 2.61. The van der Waals surface area contributed by atoms with Gasteiger partial charge in [0.1, 0.15) is 0 Å². The summed E-state index contributed by atoms with van der Waals surface area (Å²) in [6.45, 7) is 6.10. The van der Waals surface area contributed by atoms with Crippen molar-refractivity contribution in [2.24, 2.45) is 5.73 Å². The van der Waals surface area contributed by atoms with E-state index in [2.05, 4.69) is 18.9 Å². The molecule has 1 aromatic rings. The van der Waals surface area contributed by atoms with Crippen LogP contribution >= 0.6 is 0 Å². The minimum Gasteiger partial charge on any atom is -0.370 e. The maximum Gasteiger partial charge on any atom is 0.0893 e. The van der Waals surface area contributed by atoms with Gasteiger partial charge in [-0.05, 0) is 13.8 Å². The highest BCUT2D eigenvalue weighted by atomic mass is 16.5. The summed E-state index contributed by atoms with van der Waals surface area (Å²) in [6, 6.07) is 0.385. The Hall–Kier alpha value is -0.870. The molecule has 0 fully saturated rings. The van der Waals surface area contributed by atoms with Gasteiger partial charge < -0.3 is 10.5 Å². The predicted molar refractivity (Wildman–Crippen MR) is 49.0 cm³/mol. The largest absolute Gasteiger partial charge is 0.370 e. The Kier molecular flexibility index (Phi) is 2.09. The van der Waals surface area contributed by atoms with E-state index < -0.39 is 0 Å². The first-order chi connectivity index (χ1) is 6.24. The molecule has 1 aliphatic rings. The number of nitrogens with zero attached hydrogens (tertiary/aromatic N) is 2. The van der Waals surface area contributed by atoms with Crippen LogP contribution in [0.4, 0.5) is 0 Å². The van der Waals surface area contributed by atoms with Crippen LogP contribution in [0.3, 0.4) is 0 Å². The van der Waals surface area contributed by atoms with Crippen molar-refractivity contribution in [2.75, 3.05) is 0 Å². The molecule has 2 N–H and O–H groups in total. The number of hydrogen-bond donors (Lipinski definition) is 1. The summed E-state index contributed by atoms with van der Waals surface area (Å²) < 4.78 is 7.39. The standard InChI is InChI=1S/C9H15N3O/c1-6(2)12-9-5-13-4-7(9)8(3-10)11-12/h6H,3-5,10H2,1-2H3. The Balaban J connectivity index is 2.48. The summed E-state index contributed by atoms with van der Waals surface area (Å²) in [5.41, 5.74) is 9.00. The van der Waals surface area contributed by atoms with E-state index in [1.165, 1.54) is 11.3 Å². The van der Waals surface area contributed by atoms with Crippen molar-refractivity contribution >= 4 is 0 Å². The maximum atomic E-state index is 5.60. The van der Waals surface area contributed by atoms with Crippen molar-refractivity contribution in [3.05, 3.63) is 17.0 Å². The fourth-order valence-electron chi connectivity index (χ4n) is 1.72. The van der Waals surface area contributed by atoms with Gasteiger partial charge in [-0.3, -0.25) is 4.68 Å². The smallest absolute Gasteiger partial charge is 0.0893 e. The van der Waals surface area contributed by atoms with Crippen LogP contribution < -0.4 is 5.73 Å². The van der Waals surface area contributed by atoms with Gasteiger partial charge in [0.25, 0.3) is 0 Å². The van der Waals surface area contributed by atoms with Crippen LogP contribution in [0.25, 0.3) is 0 Å². The highest BCUT2D eigenvalue weighted by Gasteiger charge is 2.22. The minimum atomic E-state index is 0.385. The Morgan fingerprint density at radius 2 is 2.31 bits per heavy atom. The number of ether oxygens (including phenoxy) is 1. The molecule has 1 aliphatic heterocycles. The molecular formula is C9H15N3O. The van der Waals surface area contributed by atoms with Gasteiger partial charge in [0.15, 0.2) is 0 Å². The third kappa shape index (κ3) is 1.26. The second-order valence-corrected chi connectivity index (χ2v) is 3.61. The molecule has 72 valence electrons. The lowest BCUT2D eigenvalue weighted by molar-refractivity contribution is 0.128. The second kappa shape index (κ2) is 3.12. The van der Waals surface area contributed by atoms with Gasteiger partial charge in [0, 0.05) is 18.2 Å². The summed E-state index contributed by atoms with van der Waals surface area (Å²) in [4.78, 5) is 0. The van der Waals surface area contributed by atoms with Gasteiger partial charge in [-0.1, -0.05) is 0 Å². The van der Waals surface area contributed by atoms with Crippen molar-refractivity contribution < 1.29 is 4.74 Å². The van der Waals surface area contributed by atoms with Crippen molar-refractivity contribution in [1.82, 2.24) is 9.78 Å². The van der Waals surface area contributed by atoms with Crippen LogP contribution in [0.1, 0.15) is 36.8 Å². The Morgan fingerprint density at radius 1 is 1.54 bits per heavy atom. The molecule has 2 rings (SSSR count). The van der Waals surface area contributed by atoms with E-state index in [0.29, 0.717) is 25.8 Å². The van der Waals surface area contributed by atoms with Gasteiger partial charge in [0.2, 0.25) is 0 Å². The molecule has 0 unspecified atom stereocenters. The van der Waals surface area contributed by atoms with E-state index in [1.54, 1.807) is 0 Å². The SMILES string of the molecule is CC(C)n1nc(CN)c2c1COC2. The Bertz CT molecular complexity index is 317. The number of hydrogen-bond acceptors (Lipinski definition) is 3. The van der Waals surface area contributed by atoms with E-state index >= 15 is 0 Å². The summed E-state index contributed by atoms with van der Waals surface area (Å²) in [6.07, 6.45) is 0. The van der Waals surface area contributed by atoms with Gasteiger partial charge in [-0.15, -0.1) is 0 Å². The fraction of sp³-hybridized carbons (Fsp3) is 0.667. The Labute approximate surface area is 77.7 Å². The van der Waals surface area contributed by atoms with Crippen LogP contribution in [-0.4, -0.2) is 9.78 Å². The molecule has 2 heterocycles. The first kappa shape index (κ1) is 8.72. The first-order valence-electron chi connectivity index (χ1n) is 4.61. The lowest BCUT2D eigenvalue weighted by Crippen LogP contribution is -2.08. The predicted octanol–water partition coefficient (Wildman–Crippen LogP) is 0.953. The zero-order valence-corrected chi connectivity index (χ0v) is 8.08. The number of aromatic nitrogens is 2. The molecule has 0 spiro atoms. The van der Waals surface area contributed by atoms with Crippen LogP contribution in [-0.2, 0) is 24.5 Å². The van der Waals surface area contributed by atoms with Gasteiger partial charge in [-0.2, -0.15) is 5.10 Å². The van der Waals surface area contributed by atoms with Crippen LogP contribution in [0, 0.1) is 0 Å². The summed E-state index contributed by atoms with van der Waals surface area (Å²) in [7, 11) is 0. The van der Waals surface area contributed by atoms with Crippen LogP contribution in [0.15, 0.2) is 0 Å². The molecule has 0 atom stereocenters. The van der Waals surface area contributed by atoms with E-state index in [4.69, 9.17) is 10.5 Å². The molecule has 4 nitrogen and oxygen atoms in total. The molecule has 0 amide bonds. The Morgan fingerprint density at radius 3 is 2.92 bits per heavy atom. The highest BCUT2D eigenvalue weighted by molar-refractivity contribution is 5.28. The third-order valence-electron chi connectivity index (χ3n) is 2.37. The minimum absolute atomic E-state index is 0.385. The normalized spacial score (nSPS) is 15.4. The zero-order chi connectivity index (χ0) is 9.42. The monoisotopic (exact) mass is 181 g/mol.